The molecule has 0 unspecified atom stereocenters. The highest BCUT2D eigenvalue weighted by Crippen LogP contribution is 2.23. The predicted molar refractivity (Wildman–Crippen MR) is 87.3 cm³/mol. The quantitative estimate of drug-likeness (QED) is 0.842. The molecule has 1 N–H and O–H groups in total. The van der Waals surface area contributed by atoms with Crippen LogP contribution >= 0.6 is 0 Å². The second kappa shape index (κ2) is 7.68. The second-order valence-corrected chi connectivity index (χ2v) is 5.15. The van der Waals surface area contributed by atoms with Crippen molar-refractivity contribution in [3.8, 4) is 11.9 Å². The van der Waals surface area contributed by atoms with Crippen molar-refractivity contribution in [2.45, 2.75) is 13.5 Å². The predicted octanol–water partition coefficient (Wildman–Crippen LogP) is 2.41. The molecule has 1 heterocycles. The number of benzene rings is 1. The number of nitrogens with zero attached hydrogens (tertiary/aromatic N) is 3. The minimum Gasteiger partial charge on any atom is -0.494 e. The summed E-state index contributed by atoms with van der Waals surface area (Å²) >= 11 is 0. The van der Waals surface area contributed by atoms with Gasteiger partial charge in [0.25, 0.3) is 5.56 Å². The van der Waals surface area contributed by atoms with Gasteiger partial charge < -0.3 is 9.84 Å². The van der Waals surface area contributed by atoms with E-state index in [1.807, 2.05) is 0 Å². The molecule has 0 bridgehead atoms. The van der Waals surface area contributed by atoms with Gasteiger partial charge in [-0.05, 0) is 24.6 Å². The van der Waals surface area contributed by atoms with Crippen LogP contribution in [0.5, 0.6) is 5.88 Å². The number of methoxy groups -OCH3 is 1. The van der Waals surface area contributed by atoms with E-state index in [2.05, 4.69) is 4.99 Å². The molecule has 0 saturated carbocycles. The van der Waals surface area contributed by atoms with Crippen LogP contribution in [-0.2, 0) is 11.3 Å². The van der Waals surface area contributed by atoms with Crippen LogP contribution in [0.1, 0.15) is 16.7 Å². The fourth-order valence-corrected chi connectivity index (χ4v) is 2.24. The molecule has 6 nitrogen and oxygen atoms in total. The van der Waals surface area contributed by atoms with Crippen molar-refractivity contribution in [3.05, 3.63) is 56.9 Å². The molecule has 130 valence electrons. The Morgan fingerprint density at radius 3 is 2.76 bits per heavy atom. The summed E-state index contributed by atoms with van der Waals surface area (Å²) in [4.78, 5) is 16.1. The summed E-state index contributed by atoms with van der Waals surface area (Å²) < 4.78 is 32.5. The number of aromatic nitrogens is 1. The lowest BCUT2D eigenvalue weighted by atomic mass is 10.1. The van der Waals surface area contributed by atoms with Crippen LogP contribution in [-0.4, -0.2) is 29.6 Å². The highest BCUT2D eigenvalue weighted by atomic mass is 19.1. The SMILES string of the molecule is COCCn1c(O)c(C=Nc2ccc(F)cc2F)c(C)c(C#N)c1=O. The lowest BCUT2D eigenvalue weighted by Crippen LogP contribution is -2.26. The first-order valence-corrected chi connectivity index (χ1v) is 7.25. The maximum absolute atomic E-state index is 13.7. The molecular weight excluding hydrogens is 332 g/mol. The number of aromatic hydroxyl groups is 1. The number of hydrogen-bond donors (Lipinski definition) is 1. The highest BCUT2D eigenvalue weighted by Gasteiger charge is 2.18. The summed E-state index contributed by atoms with van der Waals surface area (Å²) in [6, 6.07) is 4.66. The third kappa shape index (κ3) is 3.72. The molecule has 0 radical (unpaired) electrons. The van der Waals surface area contributed by atoms with Crippen molar-refractivity contribution in [1.82, 2.24) is 4.57 Å². The van der Waals surface area contributed by atoms with E-state index in [9.17, 15) is 23.9 Å². The van der Waals surface area contributed by atoms with Crippen molar-refractivity contribution in [2.24, 2.45) is 4.99 Å². The smallest absolute Gasteiger partial charge is 0.271 e. The molecule has 1 aromatic heterocycles. The van der Waals surface area contributed by atoms with Crippen LogP contribution in [0.15, 0.2) is 28.0 Å². The Kier molecular flexibility index (Phi) is 5.62. The number of rotatable bonds is 5. The van der Waals surface area contributed by atoms with Crippen molar-refractivity contribution in [1.29, 1.82) is 5.26 Å². The van der Waals surface area contributed by atoms with Gasteiger partial charge in [0.15, 0.2) is 5.82 Å². The monoisotopic (exact) mass is 347 g/mol. The van der Waals surface area contributed by atoms with Gasteiger partial charge in [-0.25, -0.2) is 8.78 Å². The van der Waals surface area contributed by atoms with Crippen molar-refractivity contribution < 1.29 is 18.6 Å². The number of nitriles is 1. The van der Waals surface area contributed by atoms with E-state index in [1.165, 1.54) is 14.0 Å². The van der Waals surface area contributed by atoms with Crippen LogP contribution < -0.4 is 5.56 Å². The Labute approximate surface area is 142 Å². The Morgan fingerprint density at radius 1 is 1.44 bits per heavy atom. The molecule has 0 spiro atoms. The Balaban J connectivity index is 2.58. The maximum atomic E-state index is 13.7. The zero-order valence-corrected chi connectivity index (χ0v) is 13.6. The first-order chi connectivity index (χ1) is 11.9. The van der Waals surface area contributed by atoms with Crippen LogP contribution in [0, 0.1) is 29.9 Å². The minimum absolute atomic E-state index is 0.0296. The van der Waals surface area contributed by atoms with E-state index in [-0.39, 0.29) is 35.5 Å². The minimum atomic E-state index is -0.874. The molecule has 1 aromatic carbocycles. The van der Waals surface area contributed by atoms with Crippen molar-refractivity contribution in [3.63, 3.8) is 0 Å². The first kappa shape index (κ1) is 18.3. The fraction of sp³-hybridized carbons (Fsp3) is 0.235. The number of ether oxygens (including phenoxy) is 1. The summed E-state index contributed by atoms with van der Waals surface area (Å²) in [5.41, 5.74) is -0.649. The summed E-state index contributed by atoms with van der Waals surface area (Å²) in [7, 11) is 1.43. The normalized spacial score (nSPS) is 11.0. The standard InChI is InChI=1S/C17H15F2N3O3/c1-10-12(8-20)16(23)22(5-6-25-2)17(24)13(10)9-21-15-4-3-11(18)7-14(15)19/h3-4,7,9,24H,5-6H2,1-2H3. The fourth-order valence-electron chi connectivity index (χ4n) is 2.24. The number of halogens is 2. The molecule has 0 saturated heterocycles. The van der Waals surface area contributed by atoms with E-state index in [4.69, 9.17) is 4.74 Å². The Hall–Kier alpha value is -3.05. The molecule has 0 aliphatic rings. The maximum Gasteiger partial charge on any atom is 0.271 e. The average Bonchev–Trinajstić information content (AvgIpc) is 2.56. The van der Waals surface area contributed by atoms with Crippen molar-refractivity contribution >= 4 is 11.9 Å². The molecule has 0 amide bonds. The van der Waals surface area contributed by atoms with Crippen LogP contribution in [0.2, 0.25) is 0 Å². The molecule has 8 heteroatoms. The summed E-state index contributed by atoms with van der Waals surface area (Å²) in [5, 5.41) is 19.5. The van der Waals surface area contributed by atoms with Gasteiger partial charge >= 0.3 is 0 Å². The van der Waals surface area contributed by atoms with Gasteiger partial charge in [0.05, 0.1) is 24.4 Å². The van der Waals surface area contributed by atoms with Gasteiger partial charge in [-0.1, -0.05) is 0 Å². The van der Waals surface area contributed by atoms with Crippen molar-refractivity contribution in [2.75, 3.05) is 13.7 Å². The molecule has 0 atom stereocenters. The first-order valence-electron chi connectivity index (χ1n) is 7.25. The van der Waals surface area contributed by atoms with E-state index >= 15 is 0 Å². The highest BCUT2D eigenvalue weighted by molar-refractivity contribution is 5.87. The lowest BCUT2D eigenvalue weighted by molar-refractivity contribution is 0.182. The zero-order chi connectivity index (χ0) is 18.6. The average molecular weight is 347 g/mol. The third-order valence-electron chi connectivity index (χ3n) is 3.61. The zero-order valence-electron chi connectivity index (χ0n) is 13.6. The Morgan fingerprint density at radius 2 is 2.16 bits per heavy atom. The molecule has 0 aliphatic heterocycles. The molecule has 2 rings (SSSR count). The number of pyridine rings is 1. The topological polar surface area (TPSA) is 87.6 Å². The van der Waals surface area contributed by atoms with E-state index in [0.717, 1.165) is 22.9 Å². The van der Waals surface area contributed by atoms with Gasteiger partial charge in [-0.2, -0.15) is 5.26 Å². The van der Waals surface area contributed by atoms with Gasteiger partial charge in [0, 0.05) is 19.4 Å². The van der Waals surface area contributed by atoms with Gasteiger partial charge in [0.2, 0.25) is 5.88 Å². The van der Waals surface area contributed by atoms with E-state index in [0.29, 0.717) is 6.07 Å². The van der Waals surface area contributed by atoms with Crippen LogP contribution in [0.3, 0.4) is 0 Å². The van der Waals surface area contributed by atoms with Gasteiger partial charge in [-0.15, -0.1) is 0 Å². The van der Waals surface area contributed by atoms with E-state index in [1.54, 1.807) is 6.07 Å². The van der Waals surface area contributed by atoms with Gasteiger partial charge in [-0.3, -0.25) is 14.4 Å². The number of aliphatic imine (C=N–C) groups is 1. The summed E-state index contributed by atoms with van der Waals surface area (Å²) in [5.74, 6) is -2.03. The van der Waals surface area contributed by atoms with Crippen LogP contribution in [0.4, 0.5) is 14.5 Å². The summed E-state index contributed by atoms with van der Waals surface area (Å²) in [6.45, 7) is 1.65. The summed E-state index contributed by atoms with van der Waals surface area (Å²) in [6.07, 6.45) is 1.13. The molecular formula is C17H15F2N3O3. The largest absolute Gasteiger partial charge is 0.494 e. The molecule has 0 fully saturated rings. The lowest BCUT2D eigenvalue weighted by Gasteiger charge is -2.13. The molecule has 0 aliphatic carbocycles. The van der Waals surface area contributed by atoms with E-state index < -0.39 is 23.1 Å². The number of hydrogen-bond acceptors (Lipinski definition) is 5. The second-order valence-electron chi connectivity index (χ2n) is 5.15. The molecule has 25 heavy (non-hydrogen) atoms. The van der Waals surface area contributed by atoms with Gasteiger partial charge in [0.1, 0.15) is 17.4 Å². The Bertz CT molecular complexity index is 930. The molecule has 2 aromatic rings. The van der Waals surface area contributed by atoms with Crippen LogP contribution in [0.25, 0.3) is 0 Å². The third-order valence-corrected chi connectivity index (χ3v) is 3.61.